The maximum atomic E-state index is 9.59. The molecule has 1 N–H and O–H groups in total. The van der Waals surface area contributed by atoms with Crippen molar-refractivity contribution in [3.05, 3.63) is 0 Å². The van der Waals surface area contributed by atoms with E-state index in [-0.39, 0.29) is 11.7 Å². The molecule has 3 rings (SSSR count). The fraction of sp³-hybridized carbons (Fsp3) is 1.00. The van der Waals surface area contributed by atoms with Gasteiger partial charge in [-0.1, -0.05) is 0 Å². The van der Waals surface area contributed by atoms with Gasteiger partial charge in [-0.2, -0.15) is 11.8 Å². The Morgan fingerprint density at radius 1 is 1.31 bits per heavy atom. The maximum absolute atomic E-state index is 9.59. The number of hydrogen-bond acceptors (Lipinski definition) is 3. The summed E-state index contributed by atoms with van der Waals surface area (Å²) in [5.41, 5.74) is 0.723. The standard InChI is InChI=1S/C10H16O2S/c11-8-1-2-12-10(3-8)4-9(5-10)6-13-7-9/h8,11H,1-7H2. The first kappa shape index (κ1) is 8.57. The third kappa shape index (κ3) is 1.24. The summed E-state index contributed by atoms with van der Waals surface area (Å²) in [6, 6.07) is 0. The Balaban J connectivity index is 1.65. The Morgan fingerprint density at radius 2 is 2.08 bits per heavy atom. The van der Waals surface area contributed by atoms with Crippen LogP contribution in [0, 0.1) is 5.41 Å². The summed E-state index contributed by atoms with van der Waals surface area (Å²) in [7, 11) is 0. The lowest BCUT2D eigenvalue weighted by Crippen LogP contribution is -2.62. The third-order valence-corrected chi connectivity index (χ3v) is 5.31. The van der Waals surface area contributed by atoms with Crippen molar-refractivity contribution >= 4 is 11.8 Å². The average molecular weight is 200 g/mol. The van der Waals surface area contributed by atoms with Crippen molar-refractivity contribution in [2.45, 2.75) is 37.4 Å². The average Bonchev–Trinajstić information content (AvgIpc) is 1.96. The Bertz CT molecular complexity index is 217. The van der Waals surface area contributed by atoms with Crippen LogP contribution in [0.1, 0.15) is 25.7 Å². The smallest absolute Gasteiger partial charge is 0.0719 e. The molecule has 0 aromatic heterocycles. The molecule has 2 spiro atoms. The first-order valence-corrected chi connectivity index (χ1v) is 6.27. The van der Waals surface area contributed by atoms with Crippen molar-refractivity contribution in [2.24, 2.45) is 5.41 Å². The lowest BCUT2D eigenvalue weighted by atomic mass is 9.58. The van der Waals surface area contributed by atoms with E-state index < -0.39 is 0 Å². The van der Waals surface area contributed by atoms with E-state index in [9.17, 15) is 5.11 Å². The molecular weight excluding hydrogens is 184 g/mol. The zero-order chi connectivity index (χ0) is 8.94. The van der Waals surface area contributed by atoms with Gasteiger partial charge in [0.15, 0.2) is 0 Å². The molecule has 2 heterocycles. The minimum Gasteiger partial charge on any atom is -0.393 e. The van der Waals surface area contributed by atoms with Gasteiger partial charge in [0.2, 0.25) is 0 Å². The summed E-state index contributed by atoms with van der Waals surface area (Å²) < 4.78 is 5.83. The summed E-state index contributed by atoms with van der Waals surface area (Å²) in [5, 5.41) is 9.59. The predicted octanol–water partition coefficient (Wildman–Crippen LogP) is 1.42. The fourth-order valence-corrected chi connectivity index (χ4v) is 4.35. The number of thioether (sulfide) groups is 1. The number of aliphatic hydroxyl groups is 1. The van der Waals surface area contributed by atoms with Gasteiger partial charge in [0, 0.05) is 13.0 Å². The summed E-state index contributed by atoms with van der Waals surface area (Å²) in [6.07, 6.45) is 4.05. The van der Waals surface area contributed by atoms with Crippen molar-refractivity contribution < 1.29 is 9.84 Å². The second kappa shape index (κ2) is 2.65. The highest BCUT2D eigenvalue weighted by atomic mass is 32.2. The van der Waals surface area contributed by atoms with Crippen molar-refractivity contribution in [2.75, 3.05) is 18.1 Å². The van der Waals surface area contributed by atoms with Crippen molar-refractivity contribution in [3.63, 3.8) is 0 Å². The quantitative estimate of drug-likeness (QED) is 0.641. The van der Waals surface area contributed by atoms with E-state index in [4.69, 9.17) is 4.74 Å². The minimum atomic E-state index is -0.0983. The molecular formula is C10H16O2S. The van der Waals surface area contributed by atoms with Crippen LogP contribution in [0.3, 0.4) is 0 Å². The van der Waals surface area contributed by atoms with Gasteiger partial charge in [-0.15, -0.1) is 0 Å². The van der Waals surface area contributed by atoms with E-state index in [0.29, 0.717) is 5.41 Å². The molecule has 2 aliphatic heterocycles. The van der Waals surface area contributed by atoms with Gasteiger partial charge in [0.05, 0.1) is 11.7 Å². The lowest BCUT2D eigenvalue weighted by molar-refractivity contribution is -0.201. The normalized spacial score (nSPS) is 39.9. The molecule has 1 saturated carbocycles. The molecule has 1 atom stereocenters. The Morgan fingerprint density at radius 3 is 2.62 bits per heavy atom. The van der Waals surface area contributed by atoms with Gasteiger partial charge in [0.1, 0.15) is 0 Å². The van der Waals surface area contributed by atoms with Crippen LogP contribution in [-0.4, -0.2) is 34.9 Å². The van der Waals surface area contributed by atoms with Crippen LogP contribution < -0.4 is 0 Å². The highest BCUT2D eigenvalue weighted by Gasteiger charge is 2.59. The van der Waals surface area contributed by atoms with E-state index in [1.54, 1.807) is 0 Å². The Kier molecular flexibility index (Phi) is 1.74. The maximum Gasteiger partial charge on any atom is 0.0719 e. The van der Waals surface area contributed by atoms with E-state index in [0.717, 1.165) is 19.4 Å². The molecule has 0 amide bonds. The number of aliphatic hydroxyl groups excluding tert-OH is 1. The Labute approximate surface area is 83.0 Å². The molecule has 3 fully saturated rings. The first-order chi connectivity index (χ1) is 6.22. The summed E-state index contributed by atoms with van der Waals surface area (Å²) >= 11 is 2.05. The molecule has 2 saturated heterocycles. The van der Waals surface area contributed by atoms with Crippen LogP contribution in [0.5, 0.6) is 0 Å². The van der Waals surface area contributed by atoms with Gasteiger partial charge < -0.3 is 9.84 Å². The van der Waals surface area contributed by atoms with Gasteiger partial charge in [-0.3, -0.25) is 0 Å². The molecule has 13 heavy (non-hydrogen) atoms. The third-order valence-electron chi connectivity index (χ3n) is 3.68. The molecule has 2 nitrogen and oxygen atoms in total. The molecule has 0 aromatic carbocycles. The molecule has 0 aromatic rings. The summed E-state index contributed by atoms with van der Waals surface area (Å²) in [5.74, 6) is 2.66. The molecule has 3 heteroatoms. The highest BCUT2D eigenvalue weighted by Crippen LogP contribution is 2.61. The number of ether oxygens (including phenoxy) is 1. The van der Waals surface area contributed by atoms with E-state index in [1.807, 2.05) is 11.8 Å². The fourth-order valence-electron chi connectivity index (χ4n) is 3.16. The SMILES string of the molecule is OC1CCOC2(C1)CC1(CSC1)C2. The van der Waals surface area contributed by atoms with E-state index in [2.05, 4.69) is 0 Å². The highest BCUT2D eigenvalue weighted by molar-refractivity contribution is 8.00. The number of rotatable bonds is 0. The van der Waals surface area contributed by atoms with Crippen LogP contribution in [0.2, 0.25) is 0 Å². The topological polar surface area (TPSA) is 29.5 Å². The molecule has 74 valence electrons. The van der Waals surface area contributed by atoms with Crippen LogP contribution in [0.25, 0.3) is 0 Å². The van der Waals surface area contributed by atoms with Crippen LogP contribution >= 0.6 is 11.8 Å². The van der Waals surface area contributed by atoms with Crippen LogP contribution in [0.15, 0.2) is 0 Å². The summed E-state index contributed by atoms with van der Waals surface area (Å²) in [4.78, 5) is 0. The Hall–Kier alpha value is 0.270. The van der Waals surface area contributed by atoms with Crippen LogP contribution in [0.4, 0.5) is 0 Å². The van der Waals surface area contributed by atoms with Gasteiger partial charge >= 0.3 is 0 Å². The molecule has 0 bridgehead atoms. The second-order valence-electron chi connectivity index (χ2n) is 5.02. The molecule has 3 aliphatic rings. The lowest BCUT2D eigenvalue weighted by Gasteiger charge is -2.61. The molecule has 1 unspecified atom stereocenters. The molecule has 1 aliphatic carbocycles. The van der Waals surface area contributed by atoms with E-state index in [1.165, 1.54) is 24.3 Å². The summed E-state index contributed by atoms with van der Waals surface area (Å²) in [6.45, 7) is 0.768. The molecule has 0 radical (unpaired) electrons. The van der Waals surface area contributed by atoms with Crippen LogP contribution in [-0.2, 0) is 4.74 Å². The van der Waals surface area contributed by atoms with Gasteiger partial charge in [-0.05, 0) is 36.2 Å². The zero-order valence-electron chi connectivity index (χ0n) is 7.79. The van der Waals surface area contributed by atoms with Gasteiger partial charge in [-0.25, -0.2) is 0 Å². The largest absolute Gasteiger partial charge is 0.393 e. The monoisotopic (exact) mass is 200 g/mol. The van der Waals surface area contributed by atoms with Crippen molar-refractivity contribution in [1.82, 2.24) is 0 Å². The van der Waals surface area contributed by atoms with Gasteiger partial charge in [0.25, 0.3) is 0 Å². The zero-order valence-corrected chi connectivity index (χ0v) is 8.61. The predicted molar refractivity (Wildman–Crippen MR) is 52.9 cm³/mol. The minimum absolute atomic E-state index is 0.0959. The number of hydrogen-bond donors (Lipinski definition) is 1. The van der Waals surface area contributed by atoms with E-state index >= 15 is 0 Å². The van der Waals surface area contributed by atoms with Crippen molar-refractivity contribution in [1.29, 1.82) is 0 Å². The van der Waals surface area contributed by atoms with Crippen molar-refractivity contribution in [3.8, 4) is 0 Å². The second-order valence-corrected chi connectivity index (χ2v) is 6.01. The first-order valence-electron chi connectivity index (χ1n) is 5.12.